The summed E-state index contributed by atoms with van der Waals surface area (Å²) in [4.78, 5) is 4.47. The number of guanidine groups is 1. The molecule has 26 heavy (non-hydrogen) atoms. The van der Waals surface area contributed by atoms with Crippen LogP contribution in [-0.4, -0.2) is 37.8 Å². The van der Waals surface area contributed by atoms with Crippen LogP contribution >= 0.6 is 11.6 Å². The van der Waals surface area contributed by atoms with Crippen molar-refractivity contribution in [2.45, 2.75) is 19.4 Å². The second kappa shape index (κ2) is 10.7. The predicted molar refractivity (Wildman–Crippen MR) is 107 cm³/mol. The van der Waals surface area contributed by atoms with Gasteiger partial charge in [-0.15, -0.1) is 0 Å². The molecule has 5 nitrogen and oxygen atoms in total. The fourth-order valence-corrected chi connectivity index (χ4v) is 2.72. The number of methoxy groups -OCH3 is 1. The number of aliphatic hydroxyl groups is 1. The lowest BCUT2D eigenvalue weighted by atomic mass is 10.1. The summed E-state index contributed by atoms with van der Waals surface area (Å²) >= 11 is 6.18. The Morgan fingerprint density at radius 2 is 2.00 bits per heavy atom. The maximum absolute atomic E-state index is 10.4. The van der Waals surface area contributed by atoms with Crippen molar-refractivity contribution in [2.75, 3.05) is 26.7 Å². The number of benzene rings is 2. The quantitative estimate of drug-likeness (QED) is 0.489. The molecule has 0 aliphatic rings. The van der Waals surface area contributed by atoms with Crippen molar-refractivity contribution in [2.24, 2.45) is 4.99 Å². The average Bonchev–Trinajstić information content (AvgIpc) is 2.67. The summed E-state index contributed by atoms with van der Waals surface area (Å²) < 4.78 is 5.19. The normalized spacial score (nSPS) is 12.5. The Morgan fingerprint density at radius 3 is 2.73 bits per heavy atom. The van der Waals surface area contributed by atoms with Gasteiger partial charge in [-0.3, -0.25) is 4.99 Å². The zero-order valence-electron chi connectivity index (χ0n) is 15.2. The van der Waals surface area contributed by atoms with Gasteiger partial charge in [0.15, 0.2) is 5.96 Å². The minimum atomic E-state index is -0.691. The Labute approximate surface area is 160 Å². The summed E-state index contributed by atoms with van der Waals surface area (Å²) in [7, 11) is 1.61. The molecule has 0 aliphatic heterocycles. The van der Waals surface area contributed by atoms with Crippen molar-refractivity contribution >= 4 is 17.6 Å². The molecule has 0 aromatic heterocycles. The van der Waals surface area contributed by atoms with Crippen molar-refractivity contribution in [3.8, 4) is 5.75 Å². The van der Waals surface area contributed by atoms with E-state index in [0.717, 1.165) is 34.9 Å². The van der Waals surface area contributed by atoms with E-state index in [1.807, 2.05) is 55.5 Å². The lowest BCUT2D eigenvalue weighted by Gasteiger charge is -2.14. The fraction of sp³-hybridized carbons (Fsp3) is 0.350. The van der Waals surface area contributed by atoms with E-state index in [-0.39, 0.29) is 6.54 Å². The first kappa shape index (κ1) is 20.1. The Kier molecular flexibility index (Phi) is 8.25. The summed E-state index contributed by atoms with van der Waals surface area (Å²) in [5, 5.41) is 17.6. The first-order valence-electron chi connectivity index (χ1n) is 8.71. The van der Waals surface area contributed by atoms with Gasteiger partial charge in [0, 0.05) is 18.1 Å². The molecule has 0 fully saturated rings. The van der Waals surface area contributed by atoms with Crippen LogP contribution in [0.3, 0.4) is 0 Å². The van der Waals surface area contributed by atoms with Crippen LogP contribution in [0.15, 0.2) is 53.5 Å². The average molecular weight is 376 g/mol. The third-order valence-corrected chi connectivity index (χ3v) is 4.26. The van der Waals surface area contributed by atoms with E-state index in [9.17, 15) is 5.11 Å². The molecule has 1 atom stereocenters. The number of aliphatic imine (C=N–C) groups is 1. The second-order valence-electron chi connectivity index (χ2n) is 5.78. The van der Waals surface area contributed by atoms with E-state index >= 15 is 0 Å². The van der Waals surface area contributed by atoms with Crippen LogP contribution in [0.1, 0.15) is 24.2 Å². The van der Waals surface area contributed by atoms with E-state index in [0.29, 0.717) is 12.5 Å². The molecule has 6 heteroatoms. The van der Waals surface area contributed by atoms with E-state index in [1.165, 1.54) is 0 Å². The zero-order chi connectivity index (χ0) is 18.8. The monoisotopic (exact) mass is 375 g/mol. The molecule has 0 radical (unpaired) electrons. The van der Waals surface area contributed by atoms with Crippen LogP contribution in [0.2, 0.25) is 5.02 Å². The van der Waals surface area contributed by atoms with Gasteiger partial charge in [0.05, 0.1) is 19.8 Å². The van der Waals surface area contributed by atoms with Gasteiger partial charge in [-0.25, -0.2) is 0 Å². The van der Waals surface area contributed by atoms with E-state index < -0.39 is 6.10 Å². The van der Waals surface area contributed by atoms with Gasteiger partial charge in [-0.05, 0) is 42.7 Å². The van der Waals surface area contributed by atoms with Gasteiger partial charge in [-0.1, -0.05) is 41.9 Å². The van der Waals surface area contributed by atoms with Crippen LogP contribution < -0.4 is 15.4 Å². The molecule has 0 heterocycles. The molecule has 0 bridgehead atoms. The molecular weight excluding hydrogens is 350 g/mol. The number of hydrogen-bond acceptors (Lipinski definition) is 3. The number of hydrogen-bond donors (Lipinski definition) is 3. The Morgan fingerprint density at radius 1 is 1.19 bits per heavy atom. The van der Waals surface area contributed by atoms with Crippen LogP contribution in [0.5, 0.6) is 5.75 Å². The third kappa shape index (κ3) is 6.24. The molecule has 3 N–H and O–H groups in total. The van der Waals surface area contributed by atoms with Crippen LogP contribution in [0, 0.1) is 0 Å². The molecule has 0 spiro atoms. The Hall–Kier alpha value is -2.24. The molecule has 2 aromatic rings. The number of ether oxygens (including phenoxy) is 1. The molecule has 140 valence electrons. The van der Waals surface area contributed by atoms with E-state index in [4.69, 9.17) is 16.3 Å². The highest BCUT2D eigenvalue weighted by atomic mass is 35.5. The molecule has 2 aromatic carbocycles. The van der Waals surface area contributed by atoms with Crippen molar-refractivity contribution in [1.82, 2.24) is 10.6 Å². The van der Waals surface area contributed by atoms with Crippen LogP contribution in [0.25, 0.3) is 0 Å². The molecule has 1 unspecified atom stereocenters. The zero-order valence-corrected chi connectivity index (χ0v) is 16.0. The summed E-state index contributed by atoms with van der Waals surface area (Å²) in [6.45, 7) is 3.70. The van der Waals surface area contributed by atoms with Crippen molar-refractivity contribution in [1.29, 1.82) is 0 Å². The van der Waals surface area contributed by atoms with Crippen molar-refractivity contribution in [3.05, 3.63) is 64.7 Å². The lowest BCUT2D eigenvalue weighted by molar-refractivity contribution is 0.186. The fourth-order valence-electron chi connectivity index (χ4n) is 2.49. The number of halogens is 1. The maximum atomic E-state index is 10.4. The Balaban J connectivity index is 1.91. The Bertz CT molecular complexity index is 722. The minimum Gasteiger partial charge on any atom is -0.497 e. The molecule has 0 amide bonds. The van der Waals surface area contributed by atoms with Crippen molar-refractivity contribution < 1.29 is 9.84 Å². The van der Waals surface area contributed by atoms with Gasteiger partial charge >= 0.3 is 0 Å². The number of aliphatic hydroxyl groups excluding tert-OH is 1. The molecule has 2 rings (SSSR count). The third-order valence-electron chi connectivity index (χ3n) is 3.89. The molecule has 0 aliphatic carbocycles. The van der Waals surface area contributed by atoms with Gasteiger partial charge in [0.25, 0.3) is 0 Å². The summed E-state index contributed by atoms with van der Waals surface area (Å²) in [6, 6.07) is 15.2. The first-order chi connectivity index (χ1) is 12.6. The topological polar surface area (TPSA) is 65.9 Å². The second-order valence-corrected chi connectivity index (χ2v) is 6.19. The largest absolute Gasteiger partial charge is 0.497 e. The van der Waals surface area contributed by atoms with Gasteiger partial charge in [0.2, 0.25) is 0 Å². The summed E-state index contributed by atoms with van der Waals surface area (Å²) in [5.74, 6) is 1.39. The standard InChI is InChI=1S/C20H26ClN3O2/c1-3-22-20(23-12-11-15-7-4-5-10-18(15)21)24-14-19(25)16-8-6-9-17(13-16)26-2/h4-10,13,19,25H,3,11-12,14H2,1-2H3,(H2,22,23,24). The number of nitrogens with zero attached hydrogens (tertiary/aromatic N) is 1. The molecule has 0 saturated carbocycles. The predicted octanol–water partition coefficient (Wildman–Crippen LogP) is 3.18. The molecular formula is C20H26ClN3O2. The van der Waals surface area contributed by atoms with E-state index in [2.05, 4.69) is 15.6 Å². The highest BCUT2D eigenvalue weighted by Gasteiger charge is 2.09. The highest BCUT2D eigenvalue weighted by molar-refractivity contribution is 6.31. The van der Waals surface area contributed by atoms with E-state index in [1.54, 1.807) is 7.11 Å². The van der Waals surface area contributed by atoms with Crippen LogP contribution in [0.4, 0.5) is 0 Å². The summed E-state index contributed by atoms with van der Waals surface area (Å²) in [5.41, 5.74) is 1.87. The smallest absolute Gasteiger partial charge is 0.191 e. The number of nitrogens with one attached hydrogen (secondary N) is 2. The number of rotatable bonds is 8. The lowest BCUT2D eigenvalue weighted by Crippen LogP contribution is -2.38. The van der Waals surface area contributed by atoms with Gasteiger partial charge in [0.1, 0.15) is 5.75 Å². The van der Waals surface area contributed by atoms with Crippen molar-refractivity contribution in [3.63, 3.8) is 0 Å². The SMILES string of the molecule is CCNC(=NCC(O)c1cccc(OC)c1)NCCc1ccccc1Cl. The maximum Gasteiger partial charge on any atom is 0.191 e. The van der Waals surface area contributed by atoms with Gasteiger partial charge in [-0.2, -0.15) is 0 Å². The first-order valence-corrected chi connectivity index (χ1v) is 9.09. The van der Waals surface area contributed by atoms with Gasteiger partial charge < -0.3 is 20.5 Å². The molecule has 0 saturated heterocycles. The minimum absolute atomic E-state index is 0.259. The highest BCUT2D eigenvalue weighted by Crippen LogP contribution is 2.19. The van der Waals surface area contributed by atoms with Crippen LogP contribution in [-0.2, 0) is 6.42 Å². The summed E-state index contributed by atoms with van der Waals surface area (Å²) in [6.07, 6.45) is 0.104.